The number of nitrogens with one attached hydrogen (secondary N) is 1. The van der Waals surface area contributed by atoms with E-state index in [-0.39, 0.29) is 6.54 Å². The minimum atomic E-state index is -1.06. The topological polar surface area (TPSA) is 66.4 Å². The van der Waals surface area contributed by atoms with Crippen molar-refractivity contribution in [3.63, 3.8) is 0 Å². The summed E-state index contributed by atoms with van der Waals surface area (Å²) in [5.41, 5.74) is 1.17. The van der Waals surface area contributed by atoms with Gasteiger partial charge < -0.3 is 10.4 Å². The van der Waals surface area contributed by atoms with Crippen molar-refractivity contribution in [2.24, 2.45) is 0 Å². The number of hydrogen-bond donors (Lipinski definition) is 2. The molecule has 0 aromatic heterocycles. The highest BCUT2D eigenvalue weighted by molar-refractivity contribution is 5.99. The van der Waals surface area contributed by atoms with Crippen LogP contribution in [0, 0.1) is 0 Å². The molecule has 4 nitrogen and oxygen atoms in total. The summed E-state index contributed by atoms with van der Waals surface area (Å²) in [4.78, 5) is 21.3. The molecule has 0 aromatic rings. The van der Waals surface area contributed by atoms with Gasteiger partial charge in [-0.15, -0.1) is 0 Å². The average Bonchev–Trinajstić information content (AvgIpc) is 2.47. The van der Waals surface area contributed by atoms with Crippen molar-refractivity contribution in [1.82, 2.24) is 5.32 Å². The van der Waals surface area contributed by atoms with Crippen LogP contribution in [0.3, 0.4) is 0 Å². The zero-order valence-electron chi connectivity index (χ0n) is 6.91. The molecule has 13 heavy (non-hydrogen) atoms. The van der Waals surface area contributed by atoms with E-state index in [0.29, 0.717) is 5.57 Å². The van der Waals surface area contributed by atoms with E-state index in [2.05, 4.69) is 11.9 Å². The SMILES string of the molecule is C=C1C=CC(C(=O)NCC(=O)O)=C1. The van der Waals surface area contributed by atoms with Crippen molar-refractivity contribution < 1.29 is 14.7 Å². The molecule has 0 saturated heterocycles. The summed E-state index contributed by atoms with van der Waals surface area (Å²) in [6.07, 6.45) is 4.88. The fraction of sp³-hybridized carbons (Fsp3) is 0.111. The second-order valence-electron chi connectivity index (χ2n) is 2.58. The first-order valence-electron chi connectivity index (χ1n) is 3.68. The van der Waals surface area contributed by atoms with Crippen LogP contribution in [0.25, 0.3) is 0 Å². The van der Waals surface area contributed by atoms with Gasteiger partial charge in [0.2, 0.25) is 0 Å². The number of rotatable bonds is 3. The summed E-state index contributed by atoms with van der Waals surface area (Å²) in [5.74, 6) is -1.45. The van der Waals surface area contributed by atoms with Gasteiger partial charge in [0.1, 0.15) is 6.54 Å². The van der Waals surface area contributed by atoms with E-state index in [0.717, 1.165) is 5.57 Å². The van der Waals surface area contributed by atoms with Crippen molar-refractivity contribution in [2.75, 3.05) is 6.54 Å². The molecule has 0 bridgehead atoms. The maximum absolute atomic E-state index is 11.2. The molecule has 0 spiro atoms. The highest BCUT2D eigenvalue weighted by atomic mass is 16.4. The highest BCUT2D eigenvalue weighted by Gasteiger charge is 2.10. The van der Waals surface area contributed by atoms with E-state index in [1.807, 2.05) is 0 Å². The molecule has 68 valence electrons. The zero-order chi connectivity index (χ0) is 9.84. The van der Waals surface area contributed by atoms with Crippen LogP contribution in [0.1, 0.15) is 0 Å². The molecular weight excluding hydrogens is 170 g/mol. The number of amides is 1. The van der Waals surface area contributed by atoms with Gasteiger partial charge in [-0.3, -0.25) is 9.59 Å². The quantitative estimate of drug-likeness (QED) is 0.652. The summed E-state index contributed by atoms with van der Waals surface area (Å²) >= 11 is 0. The monoisotopic (exact) mass is 179 g/mol. The third kappa shape index (κ3) is 2.59. The van der Waals surface area contributed by atoms with Crippen LogP contribution in [0.15, 0.2) is 36.0 Å². The maximum atomic E-state index is 11.2. The lowest BCUT2D eigenvalue weighted by Gasteiger charge is -1.99. The Balaban J connectivity index is 2.50. The van der Waals surface area contributed by atoms with Gasteiger partial charge in [0.05, 0.1) is 0 Å². The highest BCUT2D eigenvalue weighted by Crippen LogP contribution is 2.12. The number of carbonyl (C=O) groups excluding carboxylic acids is 1. The molecule has 4 heteroatoms. The van der Waals surface area contributed by atoms with E-state index >= 15 is 0 Å². The lowest BCUT2D eigenvalue weighted by atomic mass is 10.2. The van der Waals surface area contributed by atoms with Gasteiger partial charge in [0, 0.05) is 5.57 Å². The molecule has 1 amide bonds. The van der Waals surface area contributed by atoms with E-state index < -0.39 is 11.9 Å². The lowest BCUT2D eigenvalue weighted by molar-refractivity contribution is -0.137. The number of carboxylic acid groups (broad SMARTS) is 1. The summed E-state index contributed by atoms with van der Waals surface area (Å²) in [7, 11) is 0. The van der Waals surface area contributed by atoms with Crippen LogP contribution >= 0.6 is 0 Å². The number of aliphatic carboxylic acids is 1. The zero-order valence-corrected chi connectivity index (χ0v) is 6.91. The average molecular weight is 179 g/mol. The molecule has 0 atom stereocenters. The van der Waals surface area contributed by atoms with E-state index in [1.165, 1.54) is 0 Å². The Kier molecular flexibility index (Phi) is 2.64. The molecule has 0 aromatic carbocycles. The number of carboxylic acids is 1. The molecule has 0 heterocycles. The van der Waals surface area contributed by atoms with Crippen LogP contribution in [0.4, 0.5) is 0 Å². The van der Waals surface area contributed by atoms with Gasteiger partial charge in [-0.1, -0.05) is 12.7 Å². The molecule has 1 rings (SSSR count). The number of hydrogen-bond acceptors (Lipinski definition) is 2. The predicted octanol–water partition coefficient (Wildman–Crippen LogP) is 0.240. The van der Waals surface area contributed by atoms with Crippen molar-refractivity contribution >= 4 is 11.9 Å². The molecule has 0 aliphatic heterocycles. The summed E-state index contributed by atoms with van der Waals surface area (Å²) < 4.78 is 0. The molecule has 2 N–H and O–H groups in total. The number of carbonyl (C=O) groups is 2. The van der Waals surface area contributed by atoms with Gasteiger partial charge >= 0.3 is 5.97 Å². The minimum absolute atomic E-state index is 0.365. The largest absolute Gasteiger partial charge is 0.480 e. The molecule has 0 fully saturated rings. The van der Waals surface area contributed by atoms with E-state index in [9.17, 15) is 9.59 Å². The Morgan fingerprint density at radius 1 is 1.46 bits per heavy atom. The van der Waals surface area contributed by atoms with E-state index in [4.69, 9.17) is 5.11 Å². The third-order valence-electron chi connectivity index (χ3n) is 1.48. The molecule has 1 aliphatic rings. The Morgan fingerprint density at radius 3 is 2.62 bits per heavy atom. The fourth-order valence-electron chi connectivity index (χ4n) is 0.892. The smallest absolute Gasteiger partial charge is 0.322 e. The molecule has 0 unspecified atom stereocenters. The van der Waals surface area contributed by atoms with Crippen LogP contribution < -0.4 is 5.32 Å². The van der Waals surface area contributed by atoms with Gasteiger partial charge in [-0.05, 0) is 17.7 Å². The first kappa shape index (κ1) is 9.25. The minimum Gasteiger partial charge on any atom is -0.480 e. The lowest BCUT2D eigenvalue weighted by Crippen LogP contribution is -2.29. The molecule has 0 radical (unpaired) electrons. The maximum Gasteiger partial charge on any atom is 0.322 e. The number of allylic oxidation sites excluding steroid dienone is 3. The summed E-state index contributed by atoms with van der Waals surface area (Å²) in [6.45, 7) is 3.26. The van der Waals surface area contributed by atoms with Crippen molar-refractivity contribution in [3.05, 3.63) is 36.0 Å². The Bertz CT molecular complexity index is 326. The van der Waals surface area contributed by atoms with Gasteiger partial charge in [0.25, 0.3) is 5.91 Å². The van der Waals surface area contributed by atoms with Crippen molar-refractivity contribution in [1.29, 1.82) is 0 Å². The Morgan fingerprint density at radius 2 is 2.15 bits per heavy atom. The van der Waals surface area contributed by atoms with Crippen LogP contribution in [-0.4, -0.2) is 23.5 Å². The standard InChI is InChI=1S/C9H9NO3/c1-6-2-3-7(4-6)9(13)10-5-8(11)12/h2-4H,1,5H2,(H,10,13)(H,11,12). The predicted molar refractivity (Wildman–Crippen MR) is 47.0 cm³/mol. The van der Waals surface area contributed by atoms with Crippen LogP contribution in [0.5, 0.6) is 0 Å². The first-order chi connectivity index (χ1) is 6.09. The summed E-state index contributed by atoms with van der Waals surface area (Å²) in [6, 6.07) is 0. The van der Waals surface area contributed by atoms with Crippen LogP contribution in [-0.2, 0) is 9.59 Å². The Hall–Kier alpha value is -1.84. The summed E-state index contributed by atoms with van der Waals surface area (Å²) in [5, 5.41) is 10.5. The van der Waals surface area contributed by atoms with Crippen LogP contribution in [0.2, 0.25) is 0 Å². The Labute approximate surface area is 75.3 Å². The van der Waals surface area contributed by atoms with Gasteiger partial charge in [-0.2, -0.15) is 0 Å². The van der Waals surface area contributed by atoms with Crippen molar-refractivity contribution in [3.8, 4) is 0 Å². The second-order valence-corrected chi connectivity index (χ2v) is 2.58. The first-order valence-corrected chi connectivity index (χ1v) is 3.68. The third-order valence-corrected chi connectivity index (χ3v) is 1.48. The molecule has 1 aliphatic carbocycles. The molecule has 0 saturated carbocycles. The fourth-order valence-corrected chi connectivity index (χ4v) is 0.892. The normalized spacial score (nSPS) is 14.2. The molecular formula is C9H9NO3. The van der Waals surface area contributed by atoms with Gasteiger partial charge in [-0.25, -0.2) is 0 Å². The van der Waals surface area contributed by atoms with Crippen molar-refractivity contribution in [2.45, 2.75) is 0 Å². The van der Waals surface area contributed by atoms with Gasteiger partial charge in [0.15, 0.2) is 0 Å². The van der Waals surface area contributed by atoms with E-state index in [1.54, 1.807) is 18.2 Å². The second kappa shape index (κ2) is 3.71.